The van der Waals surface area contributed by atoms with Gasteiger partial charge in [0, 0.05) is 5.54 Å². The Morgan fingerprint density at radius 3 is 2.12 bits per heavy atom. The quantitative estimate of drug-likeness (QED) is 0.436. The van der Waals surface area contributed by atoms with E-state index in [1.165, 1.54) is 0 Å². The number of rotatable bonds is 2. The number of nitrogens with two attached hydrogens (primary N) is 1. The summed E-state index contributed by atoms with van der Waals surface area (Å²) in [5, 5.41) is 0. The molecule has 0 spiro atoms. The van der Waals surface area contributed by atoms with E-state index in [1.807, 2.05) is 0 Å². The summed E-state index contributed by atoms with van der Waals surface area (Å²) >= 11 is 1.54. The molecule has 0 aliphatic rings. The van der Waals surface area contributed by atoms with Crippen LogP contribution in [0.5, 0.6) is 0 Å². The monoisotopic (exact) mass is 134 g/mol. The van der Waals surface area contributed by atoms with Crippen molar-refractivity contribution >= 4 is 11.9 Å². The third kappa shape index (κ3) is 6.27. The van der Waals surface area contributed by atoms with Gasteiger partial charge in [0.05, 0.1) is 5.88 Å². The molecule has 0 radical (unpaired) electrons. The van der Waals surface area contributed by atoms with Gasteiger partial charge in [-0.3, -0.25) is 4.72 Å². The lowest BCUT2D eigenvalue weighted by Crippen LogP contribution is -2.30. The van der Waals surface area contributed by atoms with Gasteiger partial charge in [0.25, 0.3) is 0 Å². The first kappa shape index (κ1) is 8.27. The molecular formula is C5H14N2S. The molecule has 0 unspecified atom stereocenters. The maximum Gasteiger partial charge on any atom is 0.0540 e. The Morgan fingerprint density at radius 1 is 1.50 bits per heavy atom. The van der Waals surface area contributed by atoms with Crippen molar-refractivity contribution in [1.82, 2.24) is 4.72 Å². The third-order valence-electron chi connectivity index (χ3n) is 0.462. The Morgan fingerprint density at radius 2 is 2.00 bits per heavy atom. The van der Waals surface area contributed by atoms with Crippen molar-refractivity contribution in [3.8, 4) is 0 Å². The van der Waals surface area contributed by atoms with Crippen LogP contribution in [0.3, 0.4) is 0 Å². The molecule has 8 heavy (non-hydrogen) atoms. The molecule has 0 amide bonds. The lowest BCUT2D eigenvalue weighted by atomic mass is 10.1. The summed E-state index contributed by atoms with van der Waals surface area (Å²) in [6.45, 7) is 6.32. The van der Waals surface area contributed by atoms with Crippen LogP contribution in [0.4, 0.5) is 0 Å². The van der Waals surface area contributed by atoms with Gasteiger partial charge in [0.2, 0.25) is 0 Å². The topological polar surface area (TPSA) is 38.0 Å². The molecule has 3 N–H and O–H groups in total. The molecule has 2 nitrogen and oxygen atoms in total. The first-order valence-corrected chi connectivity index (χ1v) is 3.64. The zero-order valence-electron chi connectivity index (χ0n) is 5.69. The summed E-state index contributed by atoms with van der Waals surface area (Å²) in [7, 11) is 0. The zero-order valence-corrected chi connectivity index (χ0v) is 6.51. The van der Waals surface area contributed by atoms with E-state index < -0.39 is 0 Å². The van der Waals surface area contributed by atoms with Gasteiger partial charge >= 0.3 is 0 Å². The molecule has 0 aromatic rings. The Bertz CT molecular complexity index is 57.9. The highest BCUT2D eigenvalue weighted by Crippen LogP contribution is 2.03. The summed E-state index contributed by atoms with van der Waals surface area (Å²) in [6.07, 6.45) is 0. The second-order valence-electron chi connectivity index (χ2n) is 2.66. The van der Waals surface area contributed by atoms with Crippen molar-refractivity contribution in [3.63, 3.8) is 0 Å². The lowest BCUT2D eigenvalue weighted by Gasteiger charge is -2.18. The second kappa shape index (κ2) is 3.33. The molecule has 3 heteroatoms. The molecule has 0 aliphatic carbocycles. The van der Waals surface area contributed by atoms with E-state index in [4.69, 9.17) is 5.73 Å². The minimum atomic E-state index is 0.185. The van der Waals surface area contributed by atoms with Crippen LogP contribution in [0, 0.1) is 0 Å². The summed E-state index contributed by atoms with van der Waals surface area (Å²) < 4.78 is 3.16. The van der Waals surface area contributed by atoms with Crippen molar-refractivity contribution in [1.29, 1.82) is 0 Å². The minimum absolute atomic E-state index is 0.185. The number of hydrogen-bond donors (Lipinski definition) is 2. The van der Waals surface area contributed by atoms with Crippen LogP contribution in [0.1, 0.15) is 20.8 Å². The van der Waals surface area contributed by atoms with Crippen LogP contribution in [0.15, 0.2) is 0 Å². The first-order chi connectivity index (χ1) is 3.56. The Hall–Kier alpha value is 0.270. The van der Waals surface area contributed by atoms with Crippen LogP contribution in [0.25, 0.3) is 0 Å². The largest absolute Gasteiger partial charge is 0.321 e. The van der Waals surface area contributed by atoms with Crippen LogP contribution in [0.2, 0.25) is 0 Å². The van der Waals surface area contributed by atoms with E-state index in [9.17, 15) is 0 Å². The predicted molar refractivity (Wildman–Crippen MR) is 39.5 cm³/mol. The molecule has 0 aromatic carbocycles. The maximum atomic E-state index is 5.24. The Kier molecular flexibility index (Phi) is 3.44. The van der Waals surface area contributed by atoms with Gasteiger partial charge in [0.15, 0.2) is 0 Å². The predicted octanol–water partition coefficient (Wildman–Crippen LogP) is 0.939. The van der Waals surface area contributed by atoms with Crippen LogP contribution in [-0.4, -0.2) is 11.4 Å². The van der Waals surface area contributed by atoms with Crippen molar-refractivity contribution in [2.45, 2.75) is 26.3 Å². The van der Waals surface area contributed by atoms with Gasteiger partial charge in [0.1, 0.15) is 0 Å². The molecule has 0 bridgehead atoms. The molecule has 0 rings (SSSR count). The van der Waals surface area contributed by atoms with Gasteiger partial charge in [-0.1, -0.05) is 11.9 Å². The second-order valence-corrected chi connectivity index (χ2v) is 3.49. The third-order valence-corrected chi connectivity index (χ3v) is 1.39. The number of hydrogen-bond acceptors (Lipinski definition) is 3. The highest BCUT2D eigenvalue weighted by atomic mass is 32.2. The lowest BCUT2D eigenvalue weighted by molar-refractivity contribution is 0.535. The average molecular weight is 134 g/mol. The van der Waals surface area contributed by atoms with Crippen molar-refractivity contribution in [2.24, 2.45) is 5.73 Å². The average Bonchev–Trinajstić information content (AvgIpc) is 1.59. The fourth-order valence-electron chi connectivity index (χ4n) is 0.258. The van der Waals surface area contributed by atoms with Gasteiger partial charge in [-0.25, -0.2) is 0 Å². The Balaban J connectivity index is 3.11. The van der Waals surface area contributed by atoms with Crippen molar-refractivity contribution in [2.75, 3.05) is 5.88 Å². The highest BCUT2D eigenvalue weighted by Gasteiger charge is 2.06. The van der Waals surface area contributed by atoms with E-state index in [0.29, 0.717) is 5.88 Å². The van der Waals surface area contributed by atoms with Gasteiger partial charge < -0.3 is 5.73 Å². The minimum Gasteiger partial charge on any atom is -0.321 e. The summed E-state index contributed by atoms with van der Waals surface area (Å²) in [5.41, 5.74) is 5.42. The molecule has 0 saturated carbocycles. The molecule has 0 atom stereocenters. The molecule has 0 fully saturated rings. The smallest absolute Gasteiger partial charge is 0.0540 e. The van der Waals surface area contributed by atoms with Crippen LogP contribution >= 0.6 is 11.9 Å². The fraction of sp³-hybridized carbons (Fsp3) is 1.00. The maximum absolute atomic E-state index is 5.24. The normalized spacial score (nSPS) is 12.0. The van der Waals surface area contributed by atoms with Crippen molar-refractivity contribution in [3.05, 3.63) is 0 Å². The van der Waals surface area contributed by atoms with E-state index in [1.54, 1.807) is 11.9 Å². The first-order valence-electron chi connectivity index (χ1n) is 2.65. The van der Waals surface area contributed by atoms with Gasteiger partial charge in [-0.15, -0.1) is 0 Å². The van der Waals surface area contributed by atoms with E-state index in [2.05, 4.69) is 25.5 Å². The van der Waals surface area contributed by atoms with Crippen LogP contribution in [-0.2, 0) is 0 Å². The molecule has 0 aliphatic heterocycles. The summed E-state index contributed by atoms with van der Waals surface area (Å²) in [5.74, 6) is 0.636. The van der Waals surface area contributed by atoms with Crippen LogP contribution < -0.4 is 10.5 Å². The molecular weight excluding hydrogens is 120 g/mol. The van der Waals surface area contributed by atoms with E-state index in [-0.39, 0.29) is 5.54 Å². The van der Waals surface area contributed by atoms with E-state index >= 15 is 0 Å². The SMILES string of the molecule is CC(C)(C)NSCN. The molecule has 0 aromatic heterocycles. The Labute approximate surface area is 55.3 Å². The fourth-order valence-corrected chi connectivity index (χ4v) is 0.775. The zero-order chi connectivity index (χ0) is 6.62. The molecule has 0 saturated heterocycles. The molecule has 50 valence electrons. The standard InChI is InChI=1S/C5H14N2S/c1-5(2,3)7-8-4-6/h7H,4,6H2,1-3H3. The summed E-state index contributed by atoms with van der Waals surface area (Å²) in [4.78, 5) is 0. The highest BCUT2D eigenvalue weighted by molar-refractivity contribution is 7.97. The molecule has 0 heterocycles. The van der Waals surface area contributed by atoms with Gasteiger partial charge in [-0.2, -0.15) is 0 Å². The number of nitrogens with one attached hydrogen (secondary N) is 1. The summed E-state index contributed by atoms with van der Waals surface area (Å²) in [6, 6.07) is 0. The van der Waals surface area contributed by atoms with E-state index in [0.717, 1.165) is 0 Å². The van der Waals surface area contributed by atoms with Crippen molar-refractivity contribution < 1.29 is 0 Å². The van der Waals surface area contributed by atoms with Gasteiger partial charge in [-0.05, 0) is 20.8 Å².